The van der Waals surface area contributed by atoms with Gasteiger partial charge in [-0.1, -0.05) is 37.1 Å². The number of hydrogen-bond donors (Lipinski definition) is 1. The van der Waals surface area contributed by atoms with E-state index in [9.17, 15) is 4.79 Å². The minimum Gasteiger partial charge on any atom is -0.469 e. The lowest BCUT2D eigenvalue weighted by atomic mass is 10.0. The van der Waals surface area contributed by atoms with Crippen LogP contribution in [0, 0.1) is 6.92 Å². The summed E-state index contributed by atoms with van der Waals surface area (Å²) in [5, 5.41) is 3.47. The molecule has 1 saturated heterocycles. The van der Waals surface area contributed by atoms with Crippen molar-refractivity contribution < 1.29 is 14.3 Å². The molecule has 7 heteroatoms. The van der Waals surface area contributed by atoms with E-state index in [1.165, 1.54) is 18.2 Å². The molecule has 1 aromatic carbocycles. The summed E-state index contributed by atoms with van der Waals surface area (Å²) >= 11 is 0. The number of rotatable bonds is 8. The fourth-order valence-electron chi connectivity index (χ4n) is 3.36. The third kappa shape index (κ3) is 7.95. The summed E-state index contributed by atoms with van der Waals surface area (Å²) in [6, 6.07) is 8.40. The fraction of sp³-hybridized carbons (Fsp3) is 0.619. The predicted octanol–water partition coefficient (Wildman–Crippen LogP) is 3.69. The van der Waals surface area contributed by atoms with Crippen LogP contribution in [0.5, 0.6) is 0 Å². The number of benzene rings is 1. The SMILES string of the molecule is CN=C(NCCCCCCC(=O)OC)N1CCOC(c2ccccc2C)C1.I. The van der Waals surface area contributed by atoms with Gasteiger partial charge in [-0.3, -0.25) is 9.79 Å². The molecule has 1 unspecified atom stereocenters. The maximum atomic E-state index is 11.1. The monoisotopic (exact) mass is 503 g/mol. The molecule has 1 aromatic rings. The topological polar surface area (TPSA) is 63.2 Å². The summed E-state index contributed by atoms with van der Waals surface area (Å²) < 4.78 is 10.7. The van der Waals surface area contributed by atoms with Crippen LogP contribution in [-0.4, -0.2) is 57.2 Å². The number of carbonyl (C=O) groups excluding carboxylic acids is 1. The third-order valence-electron chi connectivity index (χ3n) is 4.93. The number of ether oxygens (including phenoxy) is 2. The Morgan fingerprint density at radius 2 is 2.04 bits per heavy atom. The van der Waals surface area contributed by atoms with Gasteiger partial charge in [0.25, 0.3) is 0 Å². The number of morpholine rings is 1. The first-order chi connectivity index (χ1) is 13.2. The van der Waals surface area contributed by atoms with E-state index in [1.807, 2.05) is 7.05 Å². The van der Waals surface area contributed by atoms with E-state index in [1.54, 1.807) is 0 Å². The molecule has 0 radical (unpaired) electrons. The fourth-order valence-corrected chi connectivity index (χ4v) is 3.36. The Morgan fingerprint density at radius 1 is 1.29 bits per heavy atom. The van der Waals surface area contributed by atoms with E-state index in [2.05, 4.69) is 51.1 Å². The average Bonchev–Trinajstić information content (AvgIpc) is 2.70. The Labute approximate surface area is 186 Å². The second-order valence-electron chi connectivity index (χ2n) is 6.88. The van der Waals surface area contributed by atoms with Gasteiger partial charge in [0, 0.05) is 26.6 Å². The molecule has 1 atom stereocenters. The number of aryl methyl sites for hydroxylation is 1. The van der Waals surface area contributed by atoms with Gasteiger partial charge < -0.3 is 19.7 Å². The molecular weight excluding hydrogens is 469 g/mol. The number of nitrogens with one attached hydrogen (secondary N) is 1. The van der Waals surface area contributed by atoms with E-state index >= 15 is 0 Å². The third-order valence-corrected chi connectivity index (χ3v) is 4.93. The summed E-state index contributed by atoms with van der Waals surface area (Å²) in [6.45, 7) is 5.38. The van der Waals surface area contributed by atoms with Crippen molar-refractivity contribution in [2.75, 3.05) is 40.4 Å². The molecule has 1 fully saturated rings. The van der Waals surface area contributed by atoms with Gasteiger partial charge in [-0.05, 0) is 30.9 Å². The van der Waals surface area contributed by atoms with E-state index in [0.717, 1.165) is 51.3 Å². The van der Waals surface area contributed by atoms with Crippen LogP contribution in [-0.2, 0) is 14.3 Å². The number of halogens is 1. The first-order valence-electron chi connectivity index (χ1n) is 9.85. The number of guanidine groups is 1. The normalized spacial score (nSPS) is 17.0. The number of aliphatic imine (C=N–C) groups is 1. The maximum absolute atomic E-state index is 11.1. The van der Waals surface area contributed by atoms with Gasteiger partial charge in [0.05, 0.1) is 20.3 Å². The predicted molar refractivity (Wildman–Crippen MR) is 123 cm³/mol. The highest BCUT2D eigenvalue weighted by atomic mass is 127. The Hall–Kier alpha value is -1.35. The molecule has 0 saturated carbocycles. The number of hydrogen-bond acceptors (Lipinski definition) is 4. The highest BCUT2D eigenvalue weighted by molar-refractivity contribution is 14.0. The zero-order chi connectivity index (χ0) is 19.5. The summed E-state index contributed by atoms with van der Waals surface area (Å²) in [5.74, 6) is 0.815. The van der Waals surface area contributed by atoms with E-state index < -0.39 is 0 Å². The highest BCUT2D eigenvalue weighted by Gasteiger charge is 2.24. The molecule has 6 nitrogen and oxygen atoms in total. The minimum absolute atomic E-state index is 0. The van der Waals surface area contributed by atoms with E-state index in [-0.39, 0.29) is 36.0 Å². The van der Waals surface area contributed by atoms with Gasteiger partial charge in [0.1, 0.15) is 6.10 Å². The van der Waals surface area contributed by atoms with Crippen molar-refractivity contribution >= 4 is 35.9 Å². The molecular formula is C21H34IN3O3. The molecule has 1 aliphatic heterocycles. The van der Waals surface area contributed by atoms with Crippen molar-refractivity contribution in [3.05, 3.63) is 35.4 Å². The maximum Gasteiger partial charge on any atom is 0.305 e. The van der Waals surface area contributed by atoms with Crippen LogP contribution in [0.15, 0.2) is 29.3 Å². The van der Waals surface area contributed by atoms with Crippen LogP contribution in [0.3, 0.4) is 0 Å². The molecule has 0 bridgehead atoms. The van der Waals surface area contributed by atoms with E-state index in [4.69, 9.17) is 4.74 Å². The second kappa shape index (κ2) is 13.8. The molecule has 0 aromatic heterocycles. The van der Waals surface area contributed by atoms with E-state index in [0.29, 0.717) is 13.0 Å². The van der Waals surface area contributed by atoms with Gasteiger partial charge in [-0.15, -0.1) is 24.0 Å². The quantitative estimate of drug-likeness (QED) is 0.193. The van der Waals surface area contributed by atoms with Gasteiger partial charge >= 0.3 is 5.97 Å². The number of unbranched alkanes of at least 4 members (excludes halogenated alkanes) is 3. The van der Waals surface area contributed by atoms with Crippen LogP contribution >= 0.6 is 24.0 Å². The molecule has 0 spiro atoms. The lowest BCUT2D eigenvalue weighted by Gasteiger charge is -2.35. The zero-order valence-electron chi connectivity index (χ0n) is 17.3. The Kier molecular flexibility index (Phi) is 12.1. The average molecular weight is 503 g/mol. The largest absolute Gasteiger partial charge is 0.469 e. The van der Waals surface area contributed by atoms with Gasteiger partial charge in [0.15, 0.2) is 5.96 Å². The molecule has 1 aliphatic rings. The van der Waals surface area contributed by atoms with Gasteiger partial charge in [-0.2, -0.15) is 0 Å². The van der Waals surface area contributed by atoms with Crippen molar-refractivity contribution in [2.24, 2.45) is 4.99 Å². The molecule has 158 valence electrons. The number of carbonyl (C=O) groups is 1. The second-order valence-corrected chi connectivity index (χ2v) is 6.88. The molecule has 2 rings (SSSR count). The minimum atomic E-state index is -0.121. The number of methoxy groups -OCH3 is 1. The van der Waals surface area contributed by atoms with Crippen LogP contribution in [0.25, 0.3) is 0 Å². The number of nitrogens with zero attached hydrogens (tertiary/aromatic N) is 2. The summed E-state index contributed by atoms with van der Waals surface area (Å²) in [4.78, 5) is 17.8. The first kappa shape index (κ1) is 24.7. The van der Waals surface area contributed by atoms with Crippen molar-refractivity contribution in [2.45, 2.75) is 45.1 Å². The lowest BCUT2D eigenvalue weighted by molar-refractivity contribution is -0.140. The Balaban J connectivity index is 0.00000392. The summed E-state index contributed by atoms with van der Waals surface area (Å²) in [6.07, 6.45) is 4.68. The van der Waals surface area contributed by atoms with Crippen molar-refractivity contribution in [3.8, 4) is 0 Å². The van der Waals surface area contributed by atoms with Gasteiger partial charge in [0.2, 0.25) is 0 Å². The molecule has 0 aliphatic carbocycles. The zero-order valence-corrected chi connectivity index (χ0v) is 19.6. The molecule has 1 heterocycles. The first-order valence-corrected chi connectivity index (χ1v) is 9.85. The summed E-state index contributed by atoms with van der Waals surface area (Å²) in [7, 11) is 3.27. The highest BCUT2D eigenvalue weighted by Crippen LogP contribution is 2.24. The number of esters is 1. The van der Waals surface area contributed by atoms with Crippen LogP contribution < -0.4 is 5.32 Å². The standard InChI is InChI=1S/C21H33N3O3.HI/c1-17-10-7-8-11-18(17)19-16-24(14-15-27-19)21(22-2)23-13-9-5-4-6-12-20(25)26-3;/h7-8,10-11,19H,4-6,9,12-16H2,1-3H3,(H,22,23);1H. The Bertz CT molecular complexity index is 625. The smallest absolute Gasteiger partial charge is 0.305 e. The molecule has 28 heavy (non-hydrogen) atoms. The van der Waals surface area contributed by atoms with Crippen LogP contribution in [0.2, 0.25) is 0 Å². The van der Waals surface area contributed by atoms with Gasteiger partial charge in [-0.25, -0.2) is 0 Å². The lowest BCUT2D eigenvalue weighted by Crippen LogP contribution is -2.48. The van der Waals surface area contributed by atoms with Crippen molar-refractivity contribution in [1.29, 1.82) is 0 Å². The molecule has 0 amide bonds. The summed E-state index contributed by atoms with van der Waals surface area (Å²) in [5.41, 5.74) is 2.52. The van der Waals surface area contributed by atoms with Crippen LogP contribution in [0.1, 0.15) is 49.3 Å². The molecule has 1 N–H and O–H groups in total. The van der Waals surface area contributed by atoms with Crippen molar-refractivity contribution in [1.82, 2.24) is 10.2 Å². The van der Waals surface area contributed by atoms with Crippen molar-refractivity contribution in [3.63, 3.8) is 0 Å². The van der Waals surface area contributed by atoms with Crippen LogP contribution in [0.4, 0.5) is 0 Å². The Morgan fingerprint density at radius 3 is 2.75 bits per heavy atom.